The molecule has 0 aromatic rings. The number of carbonyl (C=O) groups excluding carboxylic acids is 1. The lowest BCUT2D eigenvalue weighted by atomic mass is 10.0. The van der Waals surface area contributed by atoms with Crippen LogP contribution in [-0.2, 0) is 9.53 Å². The summed E-state index contributed by atoms with van der Waals surface area (Å²) < 4.78 is 5.27. The zero-order valence-corrected chi connectivity index (χ0v) is 9.15. The number of fused-ring (bicyclic) bond motifs is 1. The summed E-state index contributed by atoms with van der Waals surface area (Å²) >= 11 is 0. The molecule has 1 saturated heterocycles. The van der Waals surface area contributed by atoms with E-state index in [1.807, 2.05) is 4.90 Å². The molecular formula is C12H19NO2. The standard InChI is InChI=1S/C12H19NO2/c14-12(13-5-7-15-8-6-13)11-9-3-1-2-4-10(9)11/h9-11H,1-8H2/t9-,10-/m1/s1. The molecule has 1 heterocycles. The number of ether oxygens (including phenoxy) is 1. The Balaban J connectivity index is 1.60. The molecule has 3 nitrogen and oxygen atoms in total. The maximum absolute atomic E-state index is 12.2. The van der Waals surface area contributed by atoms with E-state index in [2.05, 4.69) is 0 Å². The van der Waals surface area contributed by atoms with Crippen molar-refractivity contribution in [3.63, 3.8) is 0 Å². The van der Waals surface area contributed by atoms with E-state index in [-0.39, 0.29) is 0 Å². The van der Waals surface area contributed by atoms with Gasteiger partial charge < -0.3 is 9.64 Å². The minimum Gasteiger partial charge on any atom is -0.378 e. The van der Waals surface area contributed by atoms with Crippen molar-refractivity contribution < 1.29 is 9.53 Å². The average Bonchev–Trinajstić information content (AvgIpc) is 3.03. The van der Waals surface area contributed by atoms with E-state index in [1.54, 1.807) is 0 Å². The van der Waals surface area contributed by atoms with E-state index in [9.17, 15) is 4.79 Å². The van der Waals surface area contributed by atoms with E-state index < -0.39 is 0 Å². The predicted molar refractivity (Wildman–Crippen MR) is 56.3 cm³/mol. The maximum Gasteiger partial charge on any atom is 0.226 e. The predicted octanol–water partition coefficient (Wildman–Crippen LogP) is 1.28. The lowest BCUT2D eigenvalue weighted by Gasteiger charge is -2.27. The number of morpholine rings is 1. The van der Waals surface area contributed by atoms with Crippen LogP contribution in [0, 0.1) is 17.8 Å². The first kappa shape index (κ1) is 9.64. The third-order valence-electron chi connectivity index (χ3n) is 4.26. The molecule has 0 spiro atoms. The molecule has 15 heavy (non-hydrogen) atoms. The van der Waals surface area contributed by atoms with E-state index in [4.69, 9.17) is 4.74 Å². The Morgan fingerprint density at radius 1 is 1.07 bits per heavy atom. The second kappa shape index (κ2) is 3.78. The van der Waals surface area contributed by atoms with Crippen LogP contribution in [0.4, 0.5) is 0 Å². The SMILES string of the molecule is O=C(C1[C@@H]2CCCC[C@@H]12)N1CCOCC1. The highest BCUT2D eigenvalue weighted by molar-refractivity contribution is 5.82. The average molecular weight is 209 g/mol. The topological polar surface area (TPSA) is 29.5 Å². The molecule has 2 saturated carbocycles. The molecule has 0 N–H and O–H groups in total. The Labute approximate surface area is 90.8 Å². The first-order chi connectivity index (χ1) is 7.38. The third kappa shape index (κ3) is 1.67. The van der Waals surface area contributed by atoms with Crippen LogP contribution in [-0.4, -0.2) is 37.1 Å². The Hall–Kier alpha value is -0.570. The number of amides is 1. The van der Waals surface area contributed by atoms with Gasteiger partial charge in [0.25, 0.3) is 0 Å². The van der Waals surface area contributed by atoms with Crippen molar-refractivity contribution in [1.82, 2.24) is 4.90 Å². The van der Waals surface area contributed by atoms with Crippen LogP contribution in [0.5, 0.6) is 0 Å². The monoisotopic (exact) mass is 209 g/mol. The van der Waals surface area contributed by atoms with Gasteiger partial charge in [0, 0.05) is 19.0 Å². The van der Waals surface area contributed by atoms with Gasteiger partial charge in [-0.1, -0.05) is 12.8 Å². The van der Waals surface area contributed by atoms with Gasteiger partial charge in [-0.2, -0.15) is 0 Å². The van der Waals surface area contributed by atoms with Gasteiger partial charge in [0.2, 0.25) is 5.91 Å². The first-order valence-electron chi connectivity index (χ1n) is 6.24. The molecule has 3 fully saturated rings. The summed E-state index contributed by atoms with van der Waals surface area (Å²) in [6.45, 7) is 3.09. The van der Waals surface area contributed by atoms with Gasteiger partial charge in [0.1, 0.15) is 0 Å². The van der Waals surface area contributed by atoms with Crippen molar-refractivity contribution in [2.45, 2.75) is 25.7 Å². The fourth-order valence-corrected chi connectivity index (χ4v) is 3.35. The normalized spacial score (nSPS) is 39.7. The summed E-state index contributed by atoms with van der Waals surface area (Å²) in [7, 11) is 0. The summed E-state index contributed by atoms with van der Waals surface area (Å²) in [5.41, 5.74) is 0. The molecule has 1 amide bonds. The van der Waals surface area contributed by atoms with Crippen molar-refractivity contribution in [3.8, 4) is 0 Å². The number of rotatable bonds is 1. The van der Waals surface area contributed by atoms with Gasteiger partial charge in [-0.25, -0.2) is 0 Å². The van der Waals surface area contributed by atoms with Crippen LogP contribution < -0.4 is 0 Å². The zero-order valence-electron chi connectivity index (χ0n) is 9.15. The smallest absolute Gasteiger partial charge is 0.226 e. The largest absolute Gasteiger partial charge is 0.378 e. The first-order valence-corrected chi connectivity index (χ1v) is 6.24. The van der Waals surface area contributed by atoms with Crippen LogP contribution in [0.15, 0.2) is 0 Å². The van der Waals surface area contributed by atoms with E-state index in [0.717, 1.165) is 38.1 Å². The number of hydrogen-bond donors (Lipinski definition) is 0. The van der Waals surface area contributed by atoms with Crippen molar-refractivity contribution >= 4 is 5.91 Å². The van der Waals surface area contributed by atoms with Gasteiger partial charge >= 0.3 is 0 Å². The molecule has 3 aliphatic rings. The Kier molecular flexibility index (Phi) is 2.43. The summed E-state index contributed by atoms with van der Waals surface area (Å²) in [6, 6.07) is 0. The summed E-state index contributed by atoms with van der Waals surface area (Å²) in [5.74, 6) is 2.31. The molecule has 2 atom stereocenters. The van der Waals surface area contributed by atoms with Crippen molar-refractivity contribution in [2.24, 2.45) is 17.8 Å². The van der Waals surface area contributed by atoms with Crippen molar-refractivity contribution in [1.29, 1.82) is 0 Å². The van der Waals surface area contributed by atoms with Gasteiger partial charge in [0.15, 0.2) is 0 Å². The Morgan fingerprint density at radius 3 is 2.27 bits per heavy atom. The van der Waals surface area contributed by atoms with E-state index in [0.29, 0.717) is 11.8 Å². The second-order valence-corrected chi connectivity index (χ2v) is 5.08. The van der Waals surface area contributed by atoms with Gasteiger partial charge in [-0.05, 0) is 24.7 Å². The molecule has 0 aromatic carbocycles. The van der Waals surface area contributed by atoms with Crippen molar-refractivity contribution in [3.05, 3.63) is 0 Å². The molecular weight excluding hydrogens is 190 g/mol. The summed E-state index contributed by atoms with van der Waals surface area (Å²) in [6.07, 6.45) is 5.28. The number of hydrogen-bond acceptors (Lipinski definition) is 2. The van der Waals surface area contributed by atoms with Gasteiger partial charge in [-0.3, -0.25) is 4.79 Å². The molecule has 84 valence electrons. The second-order valence-electron chi connectivity index (χ2n) is 5.08. The van der Waals surface area contributed by atoms with Gasteiger partial charge in [-0.15, -0.1) is 0 Å². The Bertz CT molecular complexity index is 248. The molecule has 0 bridgehead atoms. The quantitative estimate of drug-likeness (QED) is 0.651. The molecule has 1 aliphatic heterocycles. The van der Waals surface area contributed by atoms with E-state index >= 15 is 0 Å². The lowest BCUT2D eigenvalue weighted by molar-refractivity contribution is -0.137. The molecule has 3 rings (SSSR count). The van der Waals surface area contributed by atoms with Crippen LogP contribution in [0.3, 0.4) is 0 Å². The highest BCUT2D eigenvalue weighted by Gasteiger charge is 2.55. The highest BCUT2D eigenvalue weighted by atomic mass is 16.5. The van der Waals surface area contributed by atoms with E-state index in [1.165, 1.54) is 25.7 Å². The lowest BCUT2D eigenvalue weighted by Crippen LogP contribution is -2.41. The Morgan fingerprint density at radius 2 is 1.67 bits per heavy atom. The molecule has 0 aromatic heterocycles. The molecule has 3 heteroatoms. The fraction of sp³-hybridized carbons (Fsp3) is 0.917. The zero-order chi connectivity index (χ0) is 10.3. The van der Waals surface area contributed by atoms with Crippen LogP contribution in [0.1, 0.15) is 25.7 Å². The minimum atomic E-state index is 0.394. The maximum atomic E-state index is 12.2. The fourth-order valence-electron chi connectivity index (χ4n) is 3.35. The molecule has 2 aliphatic carbocycles. The van der Waals surface area contributed by atoms with Crippen LogP contribution in [0.2, 0.25) is 0 Å². The van der Waals surface area contributed by atoms with Gasteiger partial charge in [0.05, 0.1) is 13.2 Å². The van der Waals surface area contributed by atoms with Crippen molar-refractivity contribution in [2.75, 3.05) is 26.3 Å². The minimum absolute atomic E-state index is 0.394. The highest BCUT2D eigenvalue weighted by Crippen LogP contribution is 2.56. The summed E-state index contributed by atoms with van der Waals surface area (Å²) in [5, 5.41) is 0. The van der Waals surface area contributed by atoms with Crippen LogP contribution in [0.25, 0.3) is 0 Å². The summed E-state index contributed by atoms with van der Waals surface area (Å²) in [4.78, 5) is 14.2. The number of nitrogens with zero attached hydrogens (tertiary/aromatic N) is 1. The molecule has 0 radical (unpaired) electrons. The third-order valence-corrected chi connectivity index (χ3v) is 4.26. The molecule has 0 unspecified atom stereocenters. The van der Waals surface area contributed by atoms with Crippen LogP contribution >= 0.6 is 0 Å². The number of carbonyl (C=O) groups is 1.